The van der Waals surface area contributed by atoms with Crippen LogP contribution in [0.25, 0.3) is 0 Å². The van der Waals surface area contributed by atoms with Crippen molar-refractivity contribution in [3.8, 4) is 0 Å². The molecule has 0 amide bonds. The van der Waals surface area contributed by atoms with Crippen LogP contribution in [0.15, 0.2) is 60.7 Å². The standard InChI is InChI=1S/C39H68O4Si3/c1-32(42-44(11,12)37(2,3)4)28-29-33(40)22-21-23-34(43-45(13,14)38(5,6)7)30-31-41-46(39(8,9)10,35-24-17-15-18-25-35)36-26-19-16-20-27-36/h15-20,24-27,32,34H,21-23,28-31H2,1-14H3/t32-,34+/m1/s1. The van der Waals surface area contributed by atoms with Crippen molar-refractivity contribution in [3.63, 3.8) is 0 Å². The van der Waals surface area contributed by atoms with Gasteiger partial charge < -0.3 is 13.3 Å². The molecule has 2 atom stereocenters. The first kappa shape index (κ1) is 40.8. The molecule has 0 unspecified atom stereocenters. The van der Waals surface area contributed by atoms with E-state index >= 15 is 0 Å². The minimum Gasteiger partial charge on any atom is -0.414 e. The van der Waals surface area contributed by atoms with Gasteiger partial charge in [0.25, 0.3) is 8.32 Å². The number of benzene rings is 2. The second kappa shape index (κ2) is 16.4. The molecule has 0 saturated carbocycles. The molecular formula is C39H68O4Si3. The van der Waals surface area contributed by atoms with Gasteiger partial charge in [0.1, 0.15) is 5.78 Å². The Morgan fingerprint density at radius 3 is 1.52 bits per heavy atom. The van der Waals surface area contributed by atoms with E-state index in [1.165, 1.54) is 10.4 Å². The van der Waals surface area contributed by atoms with Gasteiger partial charge in [-0.3, -0.25) is 4.79 Å². The molecule has 4 nitrogen and oxygen atoms in total. The minimum absolute atomic E-state index is 0.0627. The lowest BCUT2D eigenvalue weighted by atomic mass is 10.0. The first-order valence-electron chi connectivity index (χ1n) is 17.7. The van der Waals surface area contributed by atoms with Gasteiger partial charge in [0.2, 0.25) is 0 Å². The van der Waals surface area contributed by atoms with Gasteiger partial charge in [-0.2, -0.15) is 0 Å². The van der Waals surface area contributed by atoms with Crippen molar-refractivity contribution in [2.24, 2.45) is 0 Å². The van der Waals surface area contributed by atoms with E-state index in [0.29, 0.717) is 25.2 Å². The zero-order valence-electron chi connectivity index (χ0n) is 32.0. The van der Waals surface area contributed by atoms with Crippen LogP contribution in [0.2, 0.25) is 41.3 Å². The van der Waals surface area contributed by atoms with Crippen LogP contribution in [-0.4, -0.2) is 49.6 Å². The number of Topliss-reactive ketones (excluding diaryl/α,β-unsaturated/α-hetero) is 1. The van der Waals surface area contributed by atoms with Crippen molar-refractivity contribution in [1.29, 1.82) is 0 Å². The lowest BCUT2D eigenvalue weighted by molar-refractivity contribution is -0.119. The average molecular weight is 685 g/mol. The molecule has 0 bridgehead atoms. The van der Waals surface area contributed by atoms with Crippen LogP contribution in [-0.2, 0) is 18.1 Å². The molecule has 0 N–H and O–H groups in total. The predicted octanol–water partition coefficient (Wildman–Crippen LogP) is 10.3. The van der Waals surface area contributed by atoms with E-state index in [0.717, 1.165) is 25.7 Å². The number of carbonyl (C=O) groups excluding carboxylic acids is 1. The van der Waals surface area contributed by atoms with Crippen LogP contribution in [0.3, 0.4) is 0 Å². The Morgan fingerprint density at radius 2 is 1.09 bits per heavy atom. The Bertz CT molecular complexity index is 1150. The van der Waals surface area contributed by atoms with Gasteiger partial charge in [-0.05, 0) is 84.3 Å². The number of ketones is 1. The monoisotopic (exact) mass is 684 g/mol. The first-order chi connectivity index (χ1) is 21.0. The van der Waals surface area contributed by atoms with E-state index in [-0.39, 0.29) is 27.3 Å². The first-order valence-corrected chi connectivity index (χ1v) is 25.4. The van der Waals surface area contributed by atoms with E-state index in [4.69, 9.17) is 13.3 Å². The molecule has 0 saturated heterocycles. The van der Waals surface area contributed by atoms with Crippen molar-refractivity contribution < 1.29 is 18.1 Å². The molecule has 2 aromatic carbocycles. The average Bonchev–Trinajstić information content (AvgIpc) is 2.93. The molecule has 0 aliphatic heterocycles. The van der Waals surface area contributed by atoms with E-state index in [1.807, 2.05) is 0 Å². The van der Waals surface area contributed by atoms with Crippen molar-refractivity contribution in [3.05, 3.63) is 60.7 Å². The van der Waals surface area contributed by atoms with Crippen LogP contribution >= 0.6 is 0 Å². The summed E-state index contributed by atoms with van der Waals surface area (Å²) in [5.74, 6) is 0.334. The highest BCUT2D eigenvalue weighted by atomic mass is 28.4. The maximum absolute atomic E-state index is 13.0. The molecular weight excluding hydrogens is 617 g/mol. The Balaban J connectivity index is 2.16. The number of hydrogen-bond acceptors (Lipinski definition) is 4. The SMILES string of the molecule is C[C@H](CCC(=O)CCC[C@@H](CCO[Si](c1ccccc1)(c1ccccc1)C(C)(C)C)O[Si](C)(C)C(C)(C)C)O[Si](C)(C)C(C)(C)C. The smallest absolute Gasteiger partial charge is 0.261 e. The summed E-state index contributed by atoms with van der Waals surface area (Å²) in [4.78, 5) is 13.0. The summed E-state index contributed by atoms with van der Waals surface area (Å²) in [5.41, 5.74) is 0. The largest absolute Gasteiger partial charge is 0.414 e. The normalized spacial score (nSPS) is 15.1. The van der Waals surface area contributed by atoms with E-state index < -0.39 is 25.0 Å². The summed E-state index contributed by atoms with van der Waals surface area (Å²) >= 11 is 0. The second-order valence-corrected chi connectivity index (χ2v) is 31.3. The quantitative estimate of drug-likeness (QED) is 0.156. The predicted molar refractivity (Wildman–Crippen MR) is 206 cm³/mol. The molecule has 0 aliphatic carbocycles. The summed E-state index contributed by atoms with van der Waals surface area (Å²) in [5, 5.41) is 2.82. The Morgan fingerprint density at radius 1 is 0.630 bits per heavy atom. The van der Waals surface area contributed by atoms with Gasteiger partial charge in [0, 0.05) is 31.7 Å². The molecule has 2 aromatic rings. The highest BCUT2D eigenvalue weighted by Gasteiger charge is 2.50. The van der Waals surface area contributed by atoms with E-state index in [2.05, 4.69) is 156 Å². The lowest BCUT2D eigenvalue weighted by Crippen LogP contribution is -2.66. The fourth-order valence-electron chi connectivity index (χ4n) is 5.72. The van der Waals surface area contributed by atoms with Crippen molar-refractivity contribution in [2.75, 3.05) is 6.61 Å². The van der Waals surface area contributed by atoms with E-state index in [9.17, 15) is 4.79 Å². The molecule has 260 valence electrons. The zero-order chi connectivity index (χ0) is 35.0. The lowest BCUT2D eigenvalue weighted by Gasteiger charge is -2.44. The highest BCUT2D eigenvalue weighted by Crippen LogP contribution is 2.40. The Kier molecular flexibility index (Phi) is 14.5. The van der Waals surface area contributed by atoms with Gasteiger partial charge in [-0.25, -0.2) is 0 Å². The topological polar surface area (TPSA) is 44.8 Å². The zero-order valence-corrected chi connectivity index (χ0v) is 35.0. The summed E-state index contributed by atoms with van der Waals surface area (Å²) in [6, 6.07) is 21.7. The molecule has 0 spiro atoms. The van der Waals surface area contributed by atoms with Crippen molar-refractivity contribution in [1.82, 2.24) is 0 Å². The molecule has 0 heterocycles. The highest BCUT2D eigenvalue weighted by molar-refractivity contribution is 6.99. The Labute approximate surface area is 286 Å². The van der Waals surface area contributed by atoms with Gasteiger partial charge in [-0.15, -0.1) is 0 Å². The maximum atomic E-state index is 13.0. The van der Waals surface area contributed by atoms with Crippen LogP contribution in [0.5, 0.6) is 0 Å². The summed E-state index contributed by atoms with van der Waals surface area (Å²) < 4.78 is 20.8. The van der Waals surface area contributed by atoms with Crippen LogP contribution < -0.4 is 10.4 Å². The van der Waals surface area contributed by atoms with Crippen molar-refractivity contribution in [2.45, 2.75) is 161 Å². The Hall–Kier alpha value is -1.36. The van der Waals surface area contributed by atoms with Crippen LogP contribution in [0, 0.1) is 0 Å². The van der Waals surface area contributed by atoms with Gasteiger partial charge in [0.15, 0.2) is 16.6 Å². The van der Waals surface area contributed by atoms with Gasteiger partial charge in [0.05, 0.1) is 0 Å². The van der Waals surface area contributed by atoms with Gasteiger partial charge >= 0.3 is 0 Å². The number of rotatable bonds is 17. The molecule has 0 aromatic heterocycles. The fraction of sp³-hybridized carbons (Fsp3) is 0.667. The number of carbonyl (C=O) groups is 1. The molecule has 0 aliphatic rings. The number of hydrogen-bond donors (Lipinski definition) is 0. The molecule has 2 rings (SSSR count). The summed E-state index contributed by atoms with van der Waals surface area (Å²) in [6.07, 6.45) is 4.68. The maximum Gasteiger partial charge on any atom is 0.261 e. The molecule has 46 heavy (non-hydrogen) atoms. The van der Waals surface area contributed by atoms with Crippen LogP contribution in [0.4, 0.5) is 0 Å². The third kappa shape index (κ3) is 11.1. The van der Waals surface area contributed by atoms with Crippen molar-refractivity contribution >= 4 is 41.1 Å². The van der Waals surface area contributed by atoms with Crippen LogP contribution in [0.1, 0.15) is 108 Å². The van der Waals surface area contributed by atoms with E-state index in [1.54, 1.807) is 0 Å². The molecule has 0 radical (unpaired) electrons. The second-order valence-electron chi connectivity index (χ2n) is 17.5. The van der Waals surface area contributed by atoms with Gasteiger partial charge in [-0.1, -0.05) is 123 Å². The third-order valence-electron chi connectivity index (χ3n) is 10.6. The molecule has 0 fully saturated rings. The molecule has 7 heteroatoms. The minimum atomic E-state index is -2.62. The third-order valence-corrected chi connectivity index (χ3v) is 24.7. The summed E-state index contributed by atoms with van der Waals surface area (Å²) in [6.45, 7) is 32.6. The summed E-state index contributed by atoms with van der Waals surface area (Å²) in [7, 11) is -6.47. The fourth-order valence-corrected chi connectivity index (χ4v) is 13.2.